The Bertz CT molecular complexity index is 953. The third-order valence-electron chi connectivity index (χ3n) is 7.23. The lowest BCUT2D eigenvalue weighted by molar-refractivity contribution is -0.127. The van der Waals surface area contributed by atoms with Crippen LogP contribution in [0.5, 0.6) is 0 Å². The normalized spacial score (nSPS) is 28.1. The fourth-order valence-electron chi connectivity index (χ4n) is 4.90. The fraction of sp³-hybridized carbons (Fsp3) is 0.520. The number of hydrogen-bond acceptors (Lipinski definition) is 6. The number of carbonyl (C=O) groups is 2. The first-order chi connectivity index (χ1) is 15.8. The van der Waals surface area contributed by atoms with Gasteiger partial charge in [0, 0.05) is 37.6 Å². The summed E-state index contributed by atoms with van der Waals surface area (Å²) in [5.74, 6) is -0.315. The minimum Gasteiger partial charge on any atom is -0.441 e. The summed E-state index contributed by atoms with van der Waals surface area (Å²) < 4.78 is 5.16. The molecule has 3 N–H and O–H groups in total. The molecule has 1 aliphatic carbocycles. The van der Waals surface area contributed by atoms with Crippen LogP contribution in [0.3, 0.4) is 0 Å². The van der Waals surface area contributed by atoms with Gasteiger partial charge in [0.2, 0.25) is 5.91 Å². The van der Waals surface area contributed by atoms with Gasteiger partial charge in [0.15, 0.2) is 0 Å². The summed E-state index contributed by atoms with van der Waals surface area (Å²) in [7, 11) is 2.12. The Morgan fingerprint density at radius 1 is 1.27 bits per heavy atom. The Hall–Kier alpha value is -2.84. The van der Waals surface area contributed by atoms with E-state index in [1.54, 1.807) is 0 Å². The second kappa shape index (κ2) is 9.57. The van der Waals surface area contributed by atoms with E-state index in [0.29, 0.717) is 19.4 Å². The molecule has 2 amide bonds. The van der Waals surface area contributed by atoms with Gasteiger partial charge in [-0.1, -0.05) is 25.1 Å². The molecule has 1 aromatic carbocycles. The van der Waals surface area contributed by atoms with Crippen LogP contribution in [-0.2, 0) is 16.0 Å². The molecule has 8 nitrogen and oxygen atoms in total. The maximum atomic E-state index is 12.8. The Morgan fingerprint density at radius 3 is 2.70 bits per heavy atom. The first-order valence-corrected chi connectivity index (χ1v) is 11.6. The number of cyclic esters (lactones) is 1. The lowest BCUT2D eigenvalue weighted by atomic mass is 9.69. The molecule has 2 heterocycles. The van der Waals surface area contributed by atoms with E-state index in [1.165, 1.54) is 4.90 Å². The van der Waals surface area contributed by atoms with Crippen molar-refractivity contribution in [2.24, 2.45) is 17.1 Å². The highest BCUT2D eigenvalue weighted by Crippen LogP contribution is 2.40. The average Bonchev–Trinajstić information content (AvgIpc) is 3.20. The predicted octanol–water partition coefficient (Wildman–Crippen LogP) is 1.75. The number of aryl methyl sites for hydroxylation is 1. The van der Waals surface area contributed by atoms with Gasteiger partial charge in [-0.2, -0.15) is 0 Å². The van der Waals surface area contributed by atoms with Crippen LogP contribution in [0.1, 0.15) is 18.9 Å². The smallest absolute Gasteiger partial charge is 0.414 e. The van der Waals surface area contributed by atoms with E-state index in [2.05, 4.69) is 35.1 Å². The van der Waals surface area contributed by atoms with Gasteiger partial charge in [-0.05, 0) is 55.7 Å². The number of ether oxygens (including phenoxy) is 1. The molecule has 0 radical (unpaired) electrons. The highest BCUT2D eigenvalue weighted by Gasteiger charge is 2.41. The van der Waals surface area contributed by atoms with Crippen LogP contribution >= 0.6 is 0 Å². The van der Waals surface area contributed by atoms with Gasteiger partial charge >= 0.3 is 6.09 Å². The number of allylic oxidation sites excluding steroid dienone is 2. The molecule has 0 spiro atoms. The van der Waals surface area contributed by atoms with E-state index in [9.17, 15) is 14.7 Å². The summed E-state index contributed by atoms with van der Waals surface area (Å²) in [6.07, 6.45) is 6.57. The van der Waals surface area contributed by atoms with Gasteiger partial charge in [-0.25, -0.2) is 4.79 Å². The summed E-state index contributed by atoms with van der Waals surface area (Å²) >= 11 is 0. The molecule has 0 bridgehead atoms. The van der Waals surface area contributed by atoms with E-state index in [1.807, 2.05) is 31.2 Å². The molecule has 8 heteroatoms. The van der Waals surface area contributed by atoms with Crippen LogP contribution in [0, 0.1) is 11.3 Å². The van der Waals surface area contributed by atoms with Crippen LogP contribution in [0.2, 0.25) is 0 Å². The molecular weight excluding hydrogens is 420 g/mol. The largest absolute Gasteiger partial charge is 0.441 e. The first-order valence-electron chi connectivity index (χ1n) is 11.6. The van der Waals surface area contributed by atoms with Crippen molar-refractivity contribution in [3.05, 3.63) is 53.8 Å². The van der Waals surface area contributed by atoms with Crippen LogP contribution in [0.25, 0.3) is 0 Å². The molecule has 3 aliphatic rings. The third-order valence-corrected chi connectivity index (χ3v) is 7.23. The SMILES string of the molecule is CC1C=CC(N2CCN(C)CC2)=C[C@]1(CCc1cccc(N2CC(CO)OC2=O)c1)C(N)=O. The first kappa shape index (κ1) is 23.3. The zero-order chi connectivity index (χ0) is 23.6. The number of amides is 2. The molecular formula is C25H34N4O4. The van der Waals surface area contributed by atoms with Crippen LogP contribution in [0.15, 0.2) is 48.2 Å². The average molecular weight is 455 g/mol. The second-order valence-electron chi connectivity index (χ2n) is 9.38. The maximum absolute atomic E-state index is 12.8. The van der Waals surface area contributed by atoms with Crippen molar-refractivity contribution < 1.29 is 19.4 Å². The summed E-state index contributed by atoms with van der Waals surface area (Å²) in [6, 6.07) is 7.70. The van der Waals surface area contributed by atoms with E-state index in [0.717, 1.165) is 43.1 Å². The van der Waals surface area contributed by atoms with Gasteiger partial charge in [0.25, 0.3) is 0 Å². The van der Waals surface area contributed by atoms with Gasteiger partial charge in [-0.15, -0.1) is 0 Å². The zero-order valence-electron chi connectivity index (χ0n) is 19.4. The monoisotopic (exact) mass is 454 g/mol. The highest BCUT2D eigenvalue weighted by molar-refractivity contribution is 5.89. The molecule has 2 saturated heterocycles. The van der Waals surface area contributed by atoms with Crippen molar-refractivity contribution >= 4 is 17.7 Å². The molecule has 0 aromatic heterocycles. The van der Waals surface area contributed by atoms with E-state index >= 15 is 0 Å². The third kappa shape index (κ3) is 4.77. The topological polar surface area (TPSA) is 99.3 Å². The summed E-state index contributed by atoms with van der Waals surface area (Å²) in [4.78, 5) is 31.1. The molecule has 2 aliphatic heterocycles. The lowest BCUT2D eigenvalue weighted by Crippen LogP contribution is -2.46. The Kier molecular flexibility index (Phi) is 6.76. The molecule has 178 valence electrons. The molecule has 3 atom stereocenters. The number of nitrogens with two attached hydrogens (primary N) is 1. The number of aliphatic hydroxyl groups is 1. The molecule has 1 aromatic rings. The van der Waals surface area contributed by atoms with Crippen molar-refractivity contribution in [3.8, 4) is 0 Å². The molecule has 33 heavy (non-hydrogen) atoms. The fourth-order valence-corrected chi connectivity index (χ4v) is 4.90. The zero-order valence-corrected chi connectivity index (χ0v) is 19.4. The lowest BCUT2D eigenvalue weighted by Gasteiger charge is -2.40. The maximum Gasteiger partial charge on any atom is 0.414 e. The van der Waals surface area contributed by atoms with Crippen molar-refractivity contribution in [2.75, 3.05) is 51.3 Å². The van der Waals surface area contributed by atoms with E-state index < -0.39 is 17.6 Å². The summed E-state index contributed by atoms with van der Waals surface area (Å²) in [5.41, 5.74) is 8.07. The summed E-state index contributed by atoms with van der Waals surface area (Å²) in [5, 5.41) is 9.30. The molecule has 4 rings (SSSR count). The Morgan fingerprint density at radius 2 is 2.03 bits per heavy atom. The van der Waals surface area contributed by atoms with Gasteiger partial charge in [-0.3, -0.25) is 9.69 Å². The van der Waals surface area contributed by atoms with E-state index in [-0.39, 0.29) is 18.4 Å². The number of benzene rings is 1. The number of carbonyl (C=O) groups excluding carboxylic acids is 2. The number of nitrogens with zero attached hydrogens (tertiary/aromatic N) is 3. The highest BCUT2D eigenvalue weighted by atomic mass is 16.6. The molecule has 0 saturated carbocycles. The number of likely N-dealkylation sites (N-methyl/N-ethyl adjacent to an activating group) is 1. The molecule has 2 unspecified atom stereocenters. The minimum absolute atomic E-state index is 0.00623. The minimum atomic E-state index is -0.766. The van der Waals surface area contributed by atoms with E-state index in [4.69, 9.17) is 10.5 Å². The van der Waals surface area contributed by atoms with Crippen LogP contribution in [0.4, 0.5) is 10.5 Å². The number of aliphatic hydroxyl groups excluding tert-OH is 1. The van der Waals surface area contributed by atoms with Gasteiger partial charge < -0.3 is 25.4 Å². The number of rotatable bonds is 7. The number of primary amides is 1. The summed E-state index contributed by atoms with van der Waals surface area (Å²) in [6.45, 7) is 6.02. The number of anilines is 1. The van der Waals surface area contributed by atoms with Crippen LogP contribution < -0.4 is 10.6 Å². The second-order valence-corrected chi connectivity index (χ2v) is 9.38. The van der Waals surface area contributed by atoms with Crippen molar-refractivity contribution in [1.29, 1.82) is 0 Å². The van der Waals surface area contributed by atoms with Crippen molar-refractivity contribution in [3.63, 3.8) is 0 Å². The standard InChI is InChI=1S/C25H34N4O4/c1-18-6-7-21(28-12-10-27(2)11-13-28)15-25(18,23(26)31)9-8-19-4-3-5-20(14-19)29-16-22(17-30)33-24(29)32/h3-7,14-15,18,22,30H,8-13,16-17H2,1-2H3,(H2,26,31)/t18?,22?,25-/m0/s1. The van der Waals surface area contributed by atoms with Crippen molar-refractivity contribution in [2.45, 2.75) is 25.9 Å². The Balaban J connectivity index is 1.52. The Labute approximate surface area is 195 Å². The van der Waals surface area contributed by atoms with Gasteiger partial charge in [0.1, 0.15) is 6.10 Å². The van der Waals surface area contributed by atoms with Crippen molar-refractivity contribution in [1.82, 2.24) is 9.80 Å². The number of piperazine rings is 1. The quantitative estimate of drug-likeness (QED) is 0.651. The molecule has 2 fully saturated rings. The predicted molar refractivity (Wildman–Crippen MR) is 127 cm³/mol. The van der Waals surface area contributed by atoms with Crippen LogP contribution in [-0.4, -0.2) is 79.4 Å². The van der Waals surface area contributed by atoms with Gasteiger partial charge in [0.05, 0.1) is 18.6 Å². The number of hydrogen-bond donors (Lipinski definition) is 2.